The molecule has 6 heteroatoms. The van der Waals surface area contributed by atoms with Crippen LogP contribution in [0.15, 0.2) is 48.5 Å². The smallest absolute Gasteiger partial charge is 0.119 e. The van der Waals surface area contributed by atoms with Crippen LogP contribution in [0.1, 0.15) is 0 Å². The Morgan fingerprint density at radius 1 is 1.14 bits per heavy atom. The number of benzene rings is 2. The van der Waals surface area contributed by atoms with Crippen molar-refractivity contribution in [1.29, 1.82) is 0 Å². The standard InChI is InChI=1S/C15H14ClN3O2/c16-11-5-7-13(8-6-11)21-10-12(20)9-19-15-4-2-1-3-14(15)17-18-19/h1-8,12,20H,9-10H2/t12-/m1/s1. The van der Waals surface area contributed by atoms with Crippen LogP contribution < -0.4 is 4.74 Å². The summed E-state index contributed by atoms with van der Waals surface area (Å²) in [4.78, 5) is 0. The molecule has 3 rings (SSSR count). The highest BCUT2D eigenvalue weighted by Gasteiger charge is 2.10. The summed E-state index contributed by atoms with van der Waals surface area (Å²) in [6, 6.07) is 14.6. The molecule has 108 valence electrons. The molecule has 0 radical (unpaired) electrons. The Morgan fingerprint density at radius 3 is 2.71 bits per heavy atom. The predicted octanol–water partition coefficient (Wildman–Crippen LogP) is 2.52. The summed E-state index contributed by atoms with van der Waals surface area (Å²) < 4.78 is 7.19. The summed E-state index contributed by atoms with van der Waals surface area (Å²) in [5.41, 5.74) is 1.70. The van der Waals surface area contributed by atoms with E-state index in [1.54, 1.807) is 28.9 Å². The van der Waals surface area contributed by atoms with Crippen LogP contribution in [-0.4, -0.2) is 32.8 Å². The van der Waals surface area contributed by atoms with E-state index in [1.807, 2.05) is 24.3 Å². The molecular weight excluding hydrogens is 290 g/mol. The molecule has 1 aromatic heterocycles. The first-order valence-corrected chi connectivity index (χ1v) is 6.95. The van der Waals surface area contributed by atoms with Gasteiger partial charge in [0.15, 0.2) is 0 Å². The molecule has 0 saturated heterocycles. The fourth-order valence-electron chi connectivity index (χ4n) is 2.03. The van der Waals surface area contributed by atoms with Gasteiger partial charge in [0.25, 0.3) is 0 Å². The van der Waals surface area contributed by atoms with Crippen LogP contribution in [0.2, 0.25) is 5.02 Å². The van der Waals surface area contributed by atoms with Crippen molar-refractivity contribution in [2.45, 2.75) is 12.6 Å². The van der Waals surface area contributed by atoms with Crippen molar-refractivity contribution >= 4 is 22.6 Å². The van der Waals surface area contributed by atoms with Gasteiger partial charge in [-0.1, -0.05) is 28.9 Å². The lowest BCUT2D eigenvalue weighted by Gasteiger charge is -2.12. The van der Waals surface area contributed by atoms with Gasteiger partial charge in [-0.05, 0) is 36.4 Å². The average Bonchev–Trinajstić information content (AvgIpc) is 2.90. The van der Waals surface area contributed by atoms with Gasteiger partial charge in [-0.3, -0.25) is 0 Å². The lowest BCUT2D eigenvalue weighted by atomic mass is 10.3. The van der Waals surface area contributed by atoms with Crippen molar-refractivity contribution in [2.24, 2.45) is 0 Å². The highest BCUT2D eigenvalue weighted by atomic mass is 35.5. The molecule has 0 aliphatic heterocycles. The summed E-state index contributed by atoms with van der Waals surface area (Å²) in [5, 5.41) is 18.8. The van der Waals surface area contributed by atoms with E-state index >= 15 is 0 Å². The van der Waals surface area contributed by atoms with Gasteiger partial charge >= 0.3 is 0 Å². The maximum Gasteiger partial charge on any atom is 0.119 e. The van der Waals surface area contributed by atoms with Crippen molar-refractivity contribution in [3.05, 3.63) is 53.6 Å². The molecule has 5 nitrogen and oxygen atoms in total. The Hall–Kier alpha value is -2.11. The Kier molecular flexibility index (Phi) is 4.03. The topological polar surface area (TPSA) is 60.2 Å². The minimum Gasteiger partial charge on any atom is -0.491 e. The zero-order chi connectivity index (χ0) is 14.7. The maximum atomic E-state index is 10.1. The summed E-state index contributed by atoms with van der Waals surface area (Å²) >= 11 is 5.80. The summed E-state index contributed by atoms with van der Waals surface area (Å²) in [6.07, 6.45) is -0.675. The van der Waals surface area contributed by atoms with Crippen molar-refractivity contribution < 1.29 is 9.84 Å². The highest BCUT2D eigenvalue weighted by Crippen LogP contribution is 2.16. The third-order valence-corrected chi connectivity index (χ3v) is 3.31. The Bertz CT molecular complexity index is 727. The minimum absolute atomic E-state index is 0.176. The van der Waals surface area contributed by atoms with E-state index in [1.165, 1.54) is 0 Å². The van der Waals surface area contributed by atoms with Crippen molar-refractivity contribution in [3.8, 4) is 5.75 Å². The molecule has 0 aliphatic carbocycles. The molecule has 2 aromatic carbocycles. The van der Waals surface area contributed by atoms with Crippen LogP contribution in [0.5, 0.6) is 5.75 Å². The second-order valence-corrected chi connectivity index (χ2v) is 5.12. The first-order valence-electron chi connectivity index (χ1n) is 6.57. The molecule has 0 saturated carbocycles. The first-order chi connectivity index (χ1) is 10.2. The van der Waals surface area contributed by atoms with Gasteiger partial charge in [0.1, 0.15) is 24.0 Å². The van der Waals surface area contributed by atoms with E-state index < -0.39 is 6.10 Å². The number of halogens is 1. The van der Waals surface area contributed by atoms with E-state index in [-0.39, 0.29) is 6.61 Å². The maximum absolute atomic E-state index is 10.1. The second kappa shape index (κ2) is 6.11. The zero-order valence-corrected chi connectivity index (χ0v) is 11.9. The van der Waals surface area contributed by atoms with Crippen LogP contribution in [-0.2, 0) is 6.54 Å². The Morgan fingerprint density at radius 2 is 1.90 bits per heavy atom. The number of nitrogens with zero attached hydrogens (tertiary/aromatic N) is 3. The third-order valence-electron chi connectivity index (χ3n) is 3.06. The molecule has 0 amide bonds. The predicted molar refractivity (Wildman–Crippen MR) is 80.5 cm³/mol. The number of fused-ring (bicyclic) bond motifs is 1. The van der Waals surface area contributed by atoms with Gasteiger partial charge in [-0.25, -0.2) is 4.68 Å². The normalized spacial score (nSPS) is 12.5. The molecule has 0 unspecified atom stereocenters. The molecule has 0 spiro atoms. The van der Waals surface area contributed by atoms with E-state index in [0.717, 1.165) is 11.0 Å². The number of ether oxygens (including phenoxy) is 1. The molecule has 21 heavy (non-hydrogen) atoms. The number of para-hydroxylation sites is 1. The lowest BCUT2D eigenvalue weighted by molar-refractivity contribution is 0.0899. The van der Waals surface area contributed by atoms with E-state index in [0.29, 0.717) is 17.3 Å². The van der Waals surface area contributed by atoms with Gasteiger partial charge < -0.3 is 9.84 Å². The number of hydrogen-bond donors (Lipinski definition) is 1. The zero-order valence-electron chi connectivity index (χ0n) is 11.2. The molecule has 1 N–H and O–H groups in total. The van der Waals surface area contributed by atoms with Gasteiger partial charge in [0.05, 0.1) is 12.1 Å². The highest BCUT2D eigenvalue weighted by molar-refractivity contribution is 6.30. The number of aromatic nitrogens is 3. The van der Waals surface area contributed by atoms with Crippen LogP contribution in [0, 0.1) is 0 Å². The fourth-order valence-corrected chi connectivity index (χ4v) is 2.15. The molecule has 0 fully saturated rings. The Labute approximate surface area is 126 Å². The molecule has 1 heterocycles. The SMILES string of the molecule is O[C@@H](COc1ccc(Cl)cc1)Cn1nnc2ccccc21. The third kappa shape index (κ3) is 3.32. The molecule has 0 aliphatic rings. The molecule has 3 aromatic rings. The van der Waals surface area contributed by atoms with Gasteiger partial charge in [0.2, 0.25) is 0 Å². The van der Waals surface area contributed by atoms with Gasteiger partial charge in [-0.15, -0.1) is 5.10 Å². The van der Waals surface area contributed by atoms with Crippen LogP contribution in [0.3, 0.4) is 0 Å². The molecular formula is C15H14ClN3O2. The molecule has 0 bridgehead atoms. The molecule has 1 atom stereocenters. The van der Waals surface area contributed by atoms with E-state index in [2.05, 4.69) is 10.3 Å². The summed E-state index contributed by atoms with van der Waals surface area (Å²) in [6.45, 7) is 0.504. The number of aliphatic hydroxyl groups is 1. The monoisotopic (exact) mass is 303 g/mol. The van der Waals surface area contributed by atoms with E-state index in [4.69, 9.17) is 16.3 Å². The minimum atomic E-state index is -0.675. The second-order valence-electron chi connectivity index (χ2n) is 4.68. The number of hydrogen-bond acceptors (Lipinski definition) is 4. The first kappa shape index (κ1) is 13.9. The van der Waals surface area contributed by atoms with Crippen LogP contribution >= 0.6 is 11.6 Å². The average molecular weight is 304 g/mol. The fraction of sp³-hybridized carbons (Fsp3) is 0.200. The summed E-state index contributed by atoms with van der Waals surface area (Å²) in [7, 11) is 0. The summed E-state index contributed by atoms with van der Waals surface area (Å²) in [5.74, 6) is 0.668. The van der Waals surface area contributed by atoms with Crippen molar-refractivity contribution in [2.75, 3.05) is 6.61 Å². The van der Waals surface area contributed by atoms with Gasteiger partial charge in [-0.2, -0.15) is 0 Å². The van der Waals surface area contributed by atoms with Gasteiger partial charge in [0, 0.05) is 5.02 Å². The lowest BCUT2D eigenvalue weighted by Crippen LogP contribution is -2.24. The van der Waals surface area contributed by atoms with Crippen molar-refractivity contribution in [3.63, 3.8) is 0 Å². The largest absolute Gasteiger partial charge is 0.491 e. The quantitative estimate of drug-likeness (QED) is 0.787. The van der Waals surface area contributed by atoms with Crippen LogP contribution in [0.25, 0.3) is 11.0 Å². The van der Waals surface area contributed by atoms with Crippen LogP contribution in [0.4, 0.5) is 0 Å². The van der Waals surface area contributed by atoms with E-state index in [9.17, 15) is 5.11 Å². The Balaban J connectivity index is 1.61. The number of rotatable bonds is 5. The van der Waals surface area contributed by atoms with Crippen molar-refractivity contribution in [1.82, 2.24) is 15.0 Å². The number of aliphatic hydroxyl groups excluding tert-OH is 1.